The minimum absolute atomic E-state index is 0.0735. The number of aryl methyl sites for hydroxylation is 3. The van der Waals surface area contributed by atoms with Gasteiger partial charge in [0.05, 0.1) is 0 Å². The van der Waals surface area contributed by atoms with Crippen LogP contribution in [0.3, 0.4) is 0 Å². The van der Waals surface area contributed by atoms with Crippen LogP contribution in [0, 0.1) is 27.9 Å². The van der Waals surface area contributed by atoms with Crippen LogP contribution in [0.1, 0.15) is 69.4 Å². The first-order chi connectivity index (χ1) is 17.2. The molecule has 208 valence electrons. The molecule has 8 heteroatoms. The molecule has 0 fully saturated rings. The van der Waals surface area contributed by atoms with Crippen LogP contribution < -0.4 is 0 Å². The first-order valence-corrected chi connectivity index (χ1v) is 16.7. The third-order valence-corrected chi connectivity index (χ3v) is 14.3. The average Bonchev–Trinajstić information content (AvgIpc) is 2.75. The molecule has 3 rings (SSSR count). The van der Waals surface area contributed by atoms with Gasteiger partial charge >= 0.3 is 234 Å². The van der Waals surface area contributed by atoms with E-state index in [-0.39, 0.29) is 10.8 Å². The van der Waals surface area contributed by atoms with Gasteiger partial charge in [-0.15, -0.1) is 0 Å². The number of halogens is 4. The van der Waals surface area contributed by atoms with Gasteiger partial charge in [-0.05, 0) is 0 Å². The van der Waals surface area contributed by atoms with Gasteiger partial charge in [0.15, 0.2) is 0 Å². The number of alkyl halides is 3. The Bertz CT molecular complexity index is 1410. The Kier molecular flexibility index (Phi) is 8.53. The molecule has 0 unspecified atom stereocenters. The van der Waals surface area contributed by atoms with E-state index in [1.807, 2.05) is 82.3 Å². The van der Waals surface area contributed by atoms with E-state index in [2.05, 4.69) is 20.8 Å². The van der Waals surface area contributed by atoms with E-state index in [0.717, 1.165) is 33.4 Å². The summed E-state index contributed by atoms with van der Waals surface area (Å²) < 4.78 is 72.3. The van der Waals surface area contributed by atoms with Crippen molar-refractivity contribution in [3.8, 4) is 11.1 Å². The van der Waals surface area contributed by atoms with Crippen molar-refractivity contribution in [3.63, 3.8) is 0 Å². The van der Waals surface area contributed by atoms with Crippen molar-refractivity contribution in [1.29, 1.82) is 0 Å². The summed E-state index contributed by atoms with van der Waals surface area (Å²) in [6.07, 6.45) is 0. The normalized spacial score (nSPS) is 13.5. The molecule has 0 spiro atoms. The first-order valence-electron chi connectivity index (χ1n) is 12.3. The second kappa shape index (κ2) is 10.6. The van der Waals surface area contributed by atoms with Crippen LogP contribution in [0.5, 0.6) is 0 Å². The summed E-state index contributed by atoms with van der Waals surface area (Å²) in [5, 5.41) is 0. The Labute approximate surface area is 232 Å². The van der Waals surface area contributed by atoms with Crippen molar-refractivity contribution < 1.29 is 24.1 Å². The molecule has 0 amide bonds. The summed E-state index contributed by atoms with van der Waals surface area (Å²) in [4.78, 5) is 0. The zero-order valence-electron chi connectivity index (χ0n) is 23.3. The van der Waals surface area contributed by atoms with Gasteiger partial charge in [-0.25, -0.2) is 0 Å². The van der Waals surface area contributed by atoms with Gasteiger partial charge in [0.1, 0.15) is 0 Å². The predicted octanol–water partition coefficient (Wildman–Crippen LogP) is 9.20. The zero-order chi connectivity index (χ0) is 28.8. The van der Waals surface area contributed by atoms with Crippen molar-refractivity contribution in [2.45, 2.75) is 78.7 Å². The molecule has 0 aliphatic rings. The molecule has 3 nitrogen and oxygen atoms in total. The Morgan fingerprint density at radius 1 is 0.711 bits per heavy atom. The van der Waals surface area contributed by atoms with Crippen molar-refractivity contribution >= 4 is 30.4 Å². The maximum atomic E-state index is 13.7. The molecule has 38 heavy (non-hydrogen) atoms. The van der Waals surface area contributed by atoms with E-state index in [1.165, 1.54) is 0 Å². The third kappa shape index (κ3) is 6.62. The second-order valence-electron chi connectivity index (χ2n) is 11.7. The summed E-state index contributed by atoms with van der Waals surface area (Å²) in [5.74, 6) is 0. The van der Waals surface area contributed by atoms with Gasteiger partial charge in [0.2, 0.25) is 0 Å². The molecular formula is C30H36F3IO3S. The molecule has 0 aromatic heterocycles. The molecule has 0 N–H and O–H groups in total. The Balaban J connectivity index is 2.39. The second-order valence-corrected chi connectivity index (χ2v) is 17.9. The predicted molar refractivity (Wildman–Crippen MR) is 157 cm³/mol. The first kappa shape index (κ1) is 30.6. The average molecular weight is 661 g/mol. The molecule has 0 atom stereocenters. The van der Waals surface area contributed by atoms with Crippen molar-refractivity contribution in [3.05, 3.63) is 89.6 Å². The minimum atomic E-state index is -5.84. The monoisotopic (exact) mass is 660 g/mol. The molecule has 0 aliphatic heterocycles. The van der Waals surface area contributed by atoms with Crippen LogP contribution in [-0.4, -0.2) is 13.9 Å². The Morgan fingerprint density at radius 3 is 1.63 bits per heavy atom. The summed E-state index contributed by atoms with van der Waals surface area (Å²) in [5.41, 5.74) is -0.0371. The van der Waals surface area contributed by atoms with Crippen molar-refractivity contribution in [2.75, 3.05) is 0 Å². The standard InChI is InChI=1S/C30H36F3IO3S/c1-19-16-20(2)27(21(3)17-19)34(37-38(35,36)30(31,32)33)26-18-24(29(7,8)9)14-15-25(26)22-10-12-23(13-11-22)28(4,5)6/h10-18H,1-9H3. The van der Waals surface area contributed by atoms with Gasteiger partial charge in [0, 0.05) is 0 Å². The van der Waals surface area contributed by atoms with Gasteiger partial charge in [0.25, 0.3) is 0 Å². The molecule has 0 heterocycles. The van der Waals surface area contributed by atoms with Crippen LogP contribution in [0.15, 0.2) is 54.6 Å². The van der Waals surface area contributed by atoms with Gasteiger partial charge in [-0.2, -0.15) is 0 Å². The fourth-order valence-corrected chi connectivity index (χ4v) is 11.8. The molecule has 0 bridgehead atoms. The van der Waals surface area contributed by atoms with Gasteiger partial charge in [-0.3, -0.25) is 0 Å². The molecule has 0 saturated heterocycles. The molecule has 3 aromatic rings. The van der Waals surface area contributed by atoms with Gasteiger partial charge in [-0.1, -0.05) is 0 Å². The zero-order valence-corrected chi connectivity index (χ0v) is 26.3. The SMILES string of the molecule is Cc1cc(C)c(I(OS(=O)(=O)C(F)(F)F)c2cc(C(C)(C)C)ccc2-c2ccc(C(C)(C)C)cc2)c(C)c1. The van der Waals surface area contributed by atoms with Crippen LogP contribution in [-0.2, 0) is 23.5 Å². The quantitative estimate of drug-likeness (QED) is 0.203. The van der Waals surface area contributed by atoms with E-state index >= 15 is 0 Å². The van der Waals surface area contributed by atoms with Crippen LogP contribution >= 0.6 is 20.2 Å². The molecular weight excluding hydrogens is 624 g/mol. The number of benzene rings is 3. The summed E-state index contributed by atoms with van der Waals surface area (Å²) in [6.45, 7) is 17.9. The van der Waals surface area contributed by atoms with Crippen molar-refractivity contribution in [1.82, 2.24) is 0 Å². The molecule has 3 aromatic carbocycles. The summed E-state index contributed by atoms with van der Waals surface area (Å²) in [6, 6.07) is 17.3. The fourth-order valence-electron chi connectivity index (χ4n) is 4.23. The molecule has 0 radical (unpaired) electrons. The third-order valence-electron chi connectivity index (χ3n) is 6.26. The molecule has 0 saturated carbocycles. The van der Waals surface area contributed by atoms with Gasteiger partial charge < -0.3 is 0 Å². The summed E-state index contributed by atoms with van der Waals surface area (Å²) >= 11 is -3.69. The van der Waals surface area contributed by atoms with E-state index < -0.39 is 35.9 Å². The topological polar surface area (TPSA) is 43.4 Å². The summed E-state index contributed by atoms with van der Waals surface area (Å²) in [7, 11) is -5.84. The Hall–Kier alpha value is -1.91. The molecule has 0 aliphatic carbocycles. The fraction of sp³-hybridized carbons (Fsp3) is 0.400. The number of hydrogen-bond donors (Lipinski definition) is 0. The van der Waals surface area contributed by atoms with Crippen LogP contribution in [0.4, 0.5) is 13.2 Å². The number of rotatable bonds is 5. The number of hydrogen-bond acceptors (Lipinski definition) is 3. The van der Waals surface area contributed by atoms with E-state index in [9.17, 15) is 21.6 Å². The van der Waals surface area contributed by atoms with E-state index in [0.29, 0.717) is 12.7 Å². The maximum absolute atomic E-state index is 13.7. The van der Waals surface area contributed by atoms with Crippen molar-refractivity contribution in [2.24, 2.45) is 0 Å². The van der Waals surface area contributed by atoms with Crippen LogP contribution in [0.2, 0.25) is 0 Å². The Morgan fingerprint density at radius 2 is 1.18 bits per heavy atom. The van der Waals surface area contributed by atoms with E-state index in [1.54, 1.807) is 13.8 Å². The van der Waals surface area contributed by atoms with E-state index in [4.69, 9.17) is 2.51 Å². The van der Waals surface area contributed by atoms with Crippen LogP contribution in [0.25, 0.3) is 11.1 Å².